The lowest BCUT2D eigenvalue weighted by molar-refractivity contribution is 0.0760. The van der Waals surface area contributed by atoms with Crippen molar-refractivity contribution in [3.63, 3.8) is 0 Å². The average molecular weight is 270 g/mol. The number of ether oxygens (including phenoxy) is 1. The van der Waals surface area contributed by atoms with E-state index in [4.69, 9.17) is 9.72 Å². The Labute approximate surface area is 115 Å². The lowest BCUT2D eigenvalue weighted by atomic mass is 9.91. The zero-order valence-corrected chi connectivity index (χ0v) is 13.3. The highest BCUT2D eigenvalue weighted by molar-refractivity contribution is 7.11. The van der Waals surface area contributed by atoms with Crippen molar-refractivity contribution in [3.8, 4) is 0 Å². The standard InChI is InChI=1S/C14H26N2OS/c1-7-15-9-11-12(14(4,5)6)16-13(18-11)10(3)17-8-2/h10,15H,7-9H2,1-6H3. The number of nitrogens with zero attached hydrogens (tertiary/aromatic N) is 1. The number of hydrogen-bond acceptors (Lipinski definition) is 4. The summed E-state index contributed by atoms with van der Waals surface area (Å²) in [6.07, 6.45) is 0.0940. The van der Waals surface area contributed by atoms with Crippen molar-refractivity contribution in [2.24, 2.45) is 0 Å². The molecule has 3 nitrogen and oxygen atoms in total. The summed E-state index contributed by atoms with van der Waals surface area (Å²) in [5.41, 5.74) is 1.29. The minimum Gasteiger partial charge on any atom is -0.372 e. The maximum absolute atomic E-state index is 5.64. The van der Waals surface area contributed by atoms with E-state index < -0.39 is 0 Å². The molecule has 1 aromatic rings. The van der Waals surface area contributed by atoms with Crippen LogP contribution in [0.2, 0.25) is 0 Å². The van der Waals surface area contributed by atoms with Gasteiger partial charge in [-0.15, -0.1) is 11.3 Å². The van der Waals surface area contributed by atoms with Crippen LogP contribution in [0.3, 0.4) is 0 Å². The molecule has 0 amide bonds. The molecule has 18 heavy (non-hydrogen) atoms. The Morgan fingerprint density at radius 1 is 1.33 bits per heavy atom. The van der Waals surface area contributed by atoms with Crippen molar-refractivity contribution >= 4 is 11.3 Å². The van der Waals surface area contributed by atoms with Gasteiger partial charge in [-0.1, -0.05) is 27.7 Å². The summed E-state index contributed by atoms with van der Waals surface area (Å²) in [5, 5.41) is 4.48. The van der Waals surface area contributed by atoms with Gasteiger partial charge >= 0.3 is 0 Å². The van der Waals surface area contributed by atoms with E-state index >= 15 is 0 Å². The van der Waals surface area contributed by atoms with E-state index in [0.717, 1.165) is 24.7 Å². The molecular weight excluding hydrogens is 244 g/mol. The number of rotatable bonds is 6. The molecule has 0 spiro atoms. The van der Waals surface area contributed by atoms with Crippen LogP contribution in [-0.2, 0) is 16.7 Å². The third kappa shape index (κ3) is 4.04. The first-order valence-electron chi connectivity index (χ1n) is 6.72. The summed E-state index contributed by atoms with van der Waals surface area (Å²) in [6.45, 7) is 15.5. The summed E-state index contributed by atoms with van der Waals surface area (Å²) < 4.78 is 5.64. The van der Waals surface area contributed by atoms with Crippen molar-refractivity contribution < 1.29 is 4.74 Å². The first-order valence-corrected chi connectivity index (χ1v) is 7.54. The van der Waals surface area contributed by atoms with Gasteiger partial charge in [-0.3, -0.25) is 0 Å². The van der Waals surface area contributed by atoms with Crippen molar-refractivity contribution in [1.82, 2.24) is 10.3 Å². The highest BCUT2D eigenvalue weighted by atomic mass is 32.1. The Bertz CT molecular complexity index is 368. The predicted molar refractivity (Wildman–Crippen MR) is 78.2 cm³/mol. The molecule has 0 fully saturated rings. The van der Waals surface area contributed by atoms with Crippen LogP contribution >= 0.6 is 11.3 Å². The van der Waals surface area contributed by atoms with Gasteiger partial charge in [0.2, 0.25) is 0 Å². The van der Waals surface area contributed by atoms with Gasteiger partial charge in [-0.05, 0) is 20.4 Å². The molecule has 1 atom stereocenters. The van der Waals surface area contributed by atoms with Crippen LogP contribution in [0, 0.1) is 0 Å². The van der Waals surface area contributed by atoms with Gasteiger partial charge in [0.05, 0.1) is 5.69 Å². The largest absolute Gasteiger partial charge is 0.372 e. The maximum Gasteiger partial charge on any atom is 0.122 e. The lowest BCUT2D eigenvalue weighted by Crippen LogP contribution is -2.18. The first-order chi connectivity index (χ1) is 8.40. The second-order valence-corrected chi connectivity index (χ2v) is 6.57. The monoisotopic (exact) mass is 270 g/mol. The fraction of sp³-hybridized carbons (Fsp3) is 0.786. The Morgan fingerprint density at radius 2 is 2.00 bits per heavy atom. The van der Waals surface area contributed by atoms with E-state index in [0.29, 0.717) is 0 Å². The summed E-state index contributed by atoms with van der Waals surface area (Å²) in [4.78, 5) is 6.15. The molecular formula is C14H26N2OS. The molecule has 1 unspecified atom stereocenters. The summed E-state index contributed by atoms with van der Waals surface area (Å²) in [5.74, 6) is 0. The average Bonchev–Trinajstić information content (AvgIpc) is 2.70. The highest BCUT2D eigenvalue weighted by Gasteiger charge is 2.24. The molecule has 0 aliphatic rings. The molecule has 1 aromatic heterocycles. The third-order valence-corrected chi connectivity index (χ3v) is 3.94. The topological polar surface area (TPSA) is 34.1 Å². The second kappa shape index (κ2) is 6.64. The van der Waals surface area contributed by atoms with Gasteiger partial charge in [-0.25, -0.2) is 4.98 Å². The van der Waals surface area contributed by atoms with Crippen LogP contribution in [0.1, 0.15) is 63.2 Å². The first kappa shape index (κ1) is 15.6. The van der Waals surface area contributed by atoms with Crippen LogP contribution in [0.25, 0.3) is 0 Å². The Hall–Kier alpha value is -0.450. The zero-order valence-electron chi connectivity index (χ0n) is 12.5. The quantitative estimate of drug-likeness (QED) is 0.857. The molecule has 0 radical (unpaired) electrons. The molecule has 4 heteroatoms. The van der Waals surface area contributed by atoms with E-state index in [1.807, 2.05) is 6.92 Å². The van der Waals surface area contributed by atoms with E-state index in [1.165, 1.54) is 10.6 Å². The molecule has 0 aromatic carbocycles. The Balaban J connectivity index is 2.99. The minimum absolute atomic E-state index is 0.0887. The molecule has 0 aliphatic carbocycles. The van der Waals surface area contributed by atoms with E-state index in [1.54, 1.807) is 11.3 Å². The summed E-state index contributed by atoms with van der Waals surface area (Å²) in [6, 6.07) is 0. The SMILES string of the molecule is CCNCc1sc(C(C)OCC)nc1C(C)(C)C. The summed E-state index contributed by atoms with van der Waals surface area (Å²) in [7, 11) is 0. The van der Waals surface area contributed by atoms with Crippen LogP contribution < -0.4 is 5.32 Å². The van der Waals surface area contributed by atoms with Crippen molar-refractivity contribution in [3.05, 3.63) is 15.6 Å². The normalized spacial score (nSPS) is 13.9. The highest BCUT2D eigenvalue weighted by Crippen LogP contribution is 2.33. The lowest BCUT2D eigenvalue weighted by Gasteiger charge is -2.17. The van der Waals surface area contributed by atoms with Gasteiger partial charge in [0.1, 0.15) is 11.1 Å². The van der Waals surface area contributed by atoms with Crippen LogP contribution in [0.4, 0.5) is 0 Å². The number of aromatic nitrogens is 1. The fourth-order valence-electron chi connectivity index (χ4n) is 1.81. The van der Waals surface area contributed by atoms with E-state index in [-0.39, 0.29) is 11.5 Å². The maximum atomic E-state index is 5.64. The number of thiazole rings is 1. The molecule has 0 saturated heterocycles. The zero-order chi connectivity index (χ0) is 13.8. The van der Waals surface area contributed by atoms with Gasteiger partial charge in [0.15, 0.2) is 0 Å². The van der Waals surface area contributed by atoms with Gasteiger partial charge in [0, 0.05) is 23.4 Å². The molecule has 0 saturated carbocycles. The number of hydrogen-bond donors (Lipinski definition) is 1. The van der Waals surface area contributed by atoms with Crippen molar-refractivity contribution in [1.29, 1.82) is 0 Å². The van der Waals surface area contributed by atoms with E-state index in [2.05, 4.69) is 39.9 Å². The molecule has 1 rings (SSSR count). The Morgan fingerprint density at radius 3 is 2.50 bits per heavy atom. The van der Waals surface area contributed by atoms with Crippen LogP contribution in [0.5, 0.6) is 0 Å². The molecule has 1 heterocycles. The van der Waals surface area contributed by atoms with Crippen molar-refractivity contribution in [2.45, 2.75) is 59.6 Å². The van der Waals surface area contributed by atoms with Gasteiger partial charge in [0.25, 0.3) is 0 Å². The van der Waals surface area contributed by atoms with E-state index in [9.17, 15) is 0 Å². The minimum atomic E-state index is 0.0887. The molecule has 0 bridgehead atoms. The fourth-order valence-corrected chi connectivity index (χ4v) is 3.06. The molecule has 1 N–H and O–H groups in total. The molecule has 104 valence electrons. The van der Waals surface area contributed by atoms with Crippen LogP contribution in [0.15, 0.2) is 0 Å². The number of nitrogens with one attached hydrogen (secondary N) is 1. The van der Waals surface area contributed by atoms with Crippen LogP contribution in [-0.4, -0.2) is 18.1 Å². The second-order valence-electron chi connectivity index (χ2n) is 5.45. The third-order valence-electron chi connectivity index (χ3n) is 2.72. The predicted octanol–water partition coefficient (Wildman–Crippen LogP) is 3.65. The smallest absolute Gasteiger partial charge is 0.122 e. The Kier molecular flexibility index (Phi) is 5.76. The summed E-state index contributed by atoms with van der Waals surface area (Å²) >= 11 is 1.78. The van der Waals surface area contributed by atoms with Gasteiger partial charge in [-0.2, -0.15) is 0 Å². The van der Waals surface area contributed by atoms with Gasteiger partial charge < -0.3 is 10.1 Å². The molecule has 0 aliphatic heterocycles. The van der Waals surface area contributed by atoms with Crippen molar-refractivity contribution in [2.75, 3.05) is 13.2 Å².